The lowest BCUT2D eigenvalue weighted by atomic mass is 10.2. The third kappa shape index (κ3) is 3.44. The molecule has 7 nitrogen and oxygen atoms in total. The highest BCUT2D eigenvalue weighted by atomic mass is 32.2. The minimum Gasteiger partial charge on any atom is -0.314 e. The lowest BCUT2D eigenvalue weighted by Gasteiger charge is -2.29. The van der Waals surface area contributed by atoms with E-state index < -0.39 is 10.2 Å². The van der Waals surface area contributed by atoms with E-state index in [1.807, 2.05) is 25.3 Å². The Labute approximate surface area is 127 Å². The molecule has 0 bridgehead atoms. The molecule has 1 heterocycles. The summed E-state index contributed by atoms with van der Waals surface area (Å²) in [5.74, 6) is 1.15. The third-order valence-corrected chi connectivity index (χ3v) is 6.18. The van der Waals surface area contributed by atoms with E-state index in [0.29, 0.717) is 11.7 Å². The SMILES string of the molecule is CC(C1CC1)N(C)S(=O)(=O)N(C)Cc1nncn1C(C)C. The van der Waals surface area contributed by atoms with Gasteiger partial charge in [0.2, 0.25) is 0 Å². The maximum Gasteiger partial charge on any atom is 0.282 e. The van der Waals surface area contributed by atoms with Gasteiger partial charge in [0.05, 0.1) is 6.54 Å². The van der Waals surface area contributed by atoms with Gasteiger partial charge in [-0.2, -0.15) is 17.0 Å². The number of nitrogens with zero attached hydrogens (tertiary/aromatic N) is 5. The number of hydrogen-bond donors (Lipinski definition) is 0. The van der Waals surface area contributed by atoms with Crippen LogP contribution in [0.25, 0.3) is 0 Å². The topological polar surface area (TPSA) is 71.3 Å². The molecule has 1 aromatic rings. The van der Waals surface area contributed by atoms with Crippen molar-refractivity contribution in [3.8, 4) is 0 Å². The van der Waals surface area contributed by atoms with Crippen LogP contribution in [0.3, 0.4) is 0 Å². The lowest BCUT2D eigenvalue weighted by molar-refractivity contribution is 0.317. The van der Waals surface area contributed by atoms with Crippen LogP contribution in [0, 0.1) is 5.92 Å². The van der Waals surface area contributed by atoms with Crippen molar-refractivity contribution in [1.29, 1.82) is 0 Å². The Balaban J connectivity index is 2.10. The zero-order valence-electron chi connectivity index (χ0n) is 13.4. The summed E-state index contributed by atoms with van der Waals surface area (Å²) in [6.07, 6.45) is 3.87. The molecule has 1 saturated carbocycles. The highest BCUT2D eigenvalue weighted by Gasteiger charge is 2.37. The van der Waals surface area contributed by atoms with E-state index in [-0.39, 0.29) is 18.6 Å². The van der Waals surface area contributed by atoms with Crippen molar-refractivity contribution in [1.82, 2.24) is 23.4 Å². The normalized spacial score (nSPS) is 17.9. The lowest BCUT2D eigenvalue weighted by Crippen LogP contribution is -2.44. The van der Waals surface area contributed by atoms with Crippen LogP contribution < -0.4 is 0 Å². The summed E-state index contributed by atoms with van der Waals surface area (Å²) < 4.78 is 29.9. The Morgan fingerprint density at radius 3 is 2.48 bits per heavy atom. The summed E-state index contributed by atoms with van der Waals surface area (Å²) >= 11 is 0. The van der Waals surface area contributed by atoms with Crippen LogP contribution in [-0.2, 0) is 16.8 Å². The summed E-state index contributed by atoms with van der Waals surface area (Å²) in [5, 5.41) is 7.91. The van der Waals surface area contributed by atoms with Crippen LogP contribution in [-0.4, -0.2) is 51.9 Å². The Morgan fingerprint density at radius 2 is 1.95 bits per heavy atom. The molecule has 0 radical (unpaired) electrons. The van der Waals surface area contributed by atoms with Crippen molar-refractivity contribution in [2.24, 2.45) is 5.92 Å². The van der Waals surface area contributed by atoms with Crippen molar-refractivity contribution in [2.45, 2.75) is 52.2 Å². The van der Waals surface area contributed by atoms with Crippen LogP contribution in [0.2, 0.25) is 0 Å². The second-order valence-electron chi connectivity index (χ2n) is 6.11. The highest BCUT2D eigenvalue weighted by Crippen LogP contribution is 2.35. The molecule has 1 atom stereocenters. The predicted octanol–water partition coefficient (Wildman–Crippen LogP) is 1.27. The first kappa shape index (κ1) is 16.4. The highest BCUT2D eigenvalue weighted by molar-refractivity contribution is 7.86. The Hall–Kier alpha value is -0.990. The Bertz CT molecular complexity index is 579. The standard InChI is InChI=1S/C13H25N5O2S/c1-10(2)18-9-14-15-13(18)8-16(4)21(19,20)17(5)11(3)12-6-7-12/h9-12H,6-8H2,1-5H3. The van der Waals surface area contributed by atoms with Crippen molar-refractivity contribution in [3.63, 3.8) is 0 Å². The maximum atomic E-state index is 12.6. The minimum atomic E-state index is -3.48. The van der Waals surface area contributed by atoms with Crippen molar-refractivity contribution < 1.29 is 8.42 Å². The fourth-order valence-corrected chi connectivity index (χ4v) is 3.71. The molecule has 1 aliphatic carbocycles. The van der Waals surface area contributed by atoms with Gasteiger partial charge in [-0.3, -0.25) is 0 Å². The fraction of sp³-hybridized carbons (Fsp3) is 0.846. The van der Waals surface area contributed by atoms with Gasteiger partial charge in [0.1, 0.15) is 12.2 Å². The molecule has 120 valence electrons. The molecule has 0 saturated heterocycles. The Kier molecular flexibility index (Phi) is 4.69. The maximum absolute atomic E-state index is 12.6. The zero-order valence-corrected chi connectivity index (χ0v) is 14.2. The van der Waals surface area contributed by atoms with Crippen LogP contribution in [0.1, 0.15) is 45.5 Å². The second-order valence-corrected chi connectivity index (χ2v) is 8.20. The van der Waals surface area contributed by atoms with Gasteiger partial charge in [-0.25, -0.2) is 0 Å². The molecule has 1 fully saturated rings. The van der Waals surface area contributed by atoms with Crippen molar-refractivity contribution >= 4 is 10.2 Å². The molecule has 0 aromatic carbocycles. The summed E-state index contributed by atoms with van der Waals surface area (Å²) in [5.41, 5.74) is 0. The smallest absolute Gasteiger partial charge is 0.282 e. The molecule has 0 N–H and O–H groups in total. The average molecular weight is 315 g/mol. The number of aromatic nitrogens is 3. The molecule has 1 aromatic heterocycles. The van der Waals surface area contributed by atoms with Gasteiger partial charge in [-0.05, 0) is 39.5 Å². The van der Waals surface area contributed by atoms with Gasteiger partial charge in [0, 0.05) is 26.2 Å². The van der Waals surface area contributed by atoms with Gasteiger partial charge in [-0.15, -0.1) is 10.2 Å². The average Bonchev–Trinajstić information content (AvgIpc) is 3.16. The van der Waals surface area contributed by atoms with Crippen molar-refractivity contribution in [2.75, 3.05) is 14.1 Å². The predicted molar refractivity (Wildman–Crippen MR) is 80.7 cm³/mol. The van der Waals surface area contributed by atoms with E-state index in [1.54, 1.807) is 20.4 Å². The fourth-order valence-electron chi connectivity index (χ4n) is 2.40. The van der Waals surface area contributed by atoms with Crippen LogP contribution in [0.5, 0.6) is 0 Å². The molecular weight excluding hydrogens is 290 g/mol. The van der Waals surface area contributed by atoms with E-state index in [2.05, 4.69) is 10.2 Å². The molecule has 0 aliphatic heterocycles. The van der Waals surface area contributed by atoms with Crippen LogP contribution in [0.15, 0.2) is 6.33 Å². The monoisotopic (exact) mass is 315 g/mol. The van der Waals surface area contributed by atoms with Crippen LogP contribution >= 0.6 is 0 Å². The van der Waals surface area contributed by atoms with E-state index in [4.69, 9.17) is 0 Å². The van der Waals surface area contributed by atoms with E-state index in [0.717, 1.165) is 12.8 Å². The summed E-state index contributed by atoms with van der Waals surface area (Å²) in [4.78, 5) is 0. The summed E-state index contributed by atoms with van der Waals surface area (Å²) in [6.45, 7) is 6.23. The van der Waals surface area contributed by atoms with Gasteiger partial charge in [0.25, 0.3) is 10.2 Å². The molecule has 0 amide bonds. The first-order valence-corrected chi connectivity index (χ1v) is 8.72. The zero-order chi connectivity index (χ0) is 15.8. The van der Waals surface area contributed by atoms with Crippen LogP contribution in [0.4, 0.5) is 0 Å². The van der Waals surface area contributed by atoms with E-state index >= 15 is 0 Å². The van der Waals surface area contributed by atoms with E-state index in [9.17, 15) is 8.42 Å². The Morgan fingerprint density at radius 1 is 1.33 bits per heavy atom. The third-order valence-electron chi connectivity index (χ3n) is 4.20. The van der Waals surface area contributed by atoms with Gasteiger partial charge in [0.15, 0.2) is 0 Å². The van der Waals surface area contributed by atoms with Gasteiger partial charge in [-0.1, -0.05) is 0 Å². The van der Waals surface area contributed by atoms with Gasteiger partial charge < -0.3 is 4.57 Å². The number of hydrogen-bond acceptors (Lipinski definition) is 4. The summed E-state index contributed by atoms with van der Waals surface area (Å²) in [7, 11) is -0.233. The largest absolute Gasteiger partial charge is 0.314 e. The molecule has 1 aliphatic rings. The number of rotatable bonds is 7. The quantitative estimate of drug-likeness (QED) is 0.759. The van der Waals surface area contributed by atoms with E-state index in [1.165, 1.54) is 8.61 Å². The molecule has 8 heteroatoms. The minimum absolute atomic E-state index is 0.0421. The van der Waals surface area contributed by atoms with Crippen molar-refractivity contribution in [3.05, 3.63) is 12.2 Å². The summed E-state index contributed by atoms with van der Waals surface area (Å²) in [6, 6.07) is 0.245. The first-order chi connectivity index (χ1) is 9.75. The molecular formula is C13H25N5O2S. The molecule has 1 unspecified atom stereocenters. The molecule has 0 spiro atoms. The molecule has 21 heavy (non-hydrogen) atoms. The van der Waals surface area contributed by atoms with Gasteiger partial charge >= 0.3 is 0 Å². The molecule has 2 rings (SSSR count). The first-order valence-electron chi connectivity index (χ1n) is 7.32. The second kappa shape index (κ2) is 6.02.